The van der Waals surface area contributed by atoms with Crippen molar-refractivity contribution >= 4 is 0 Å². The van der Waals surface area contributed by atoms with E-state index in [-0.39, 0.29) is 6.04 Å². The zero-order valence-electron chi connectivity index (χ0n) is 12.0. The monoisotopic (exact) mass is 271 g/mol. The summed E-state index contributed by atoms with van der Waals surface area (Å²) in [6.07, 6.45) is 4.00. The lowest BCUT2D eigenvalue weighted by molar-refractivity contribution is 0.259. The van der Waals surface area contributed by atoms with Crippen molar-refractivity contribution in [1.29, 1.82) is 0 Å². The van der Waals surface area contributed by atoms with Crippen LogP contribution < -0.4 is 10.5 Å². The summed E-state index contributed by atoms with van der Waals surface area (Å²) >= 11 is 0. The second kappa shape index (κ2) is 5.29. The highest BCUT2D eigenvalue weighted by atomic mass is 16.5. The fourth-order valence-electron chi connectivity index (χ4n) is 3.08. The first kappa shape index (κ1) is 13.2. The molecule has 0 aliphatic carbocycles. The summed E-state index contributed by atoms with van der Waals surface area (Å²) in [5, 5.41) is 4.38. The van der Waals surface area contributed by atoms with Gasteiger partial charge in [0.2, 0.25) is 0 Å². The van der Waals surface area contributed by atoms with E-state index in [0.717, 1.165) is 36.5 Å². The zero-order valence-corrected chi connectivity index (χ0v) is 12.0. The average Bonchev–Trinajstić information content (AvgIpc) is 2.78. The SMILES string of the molecule is Cc1nn(C)cc1C(N)CC1CCOc2ccccc21. The Balaban J connectivity index is 1.80. The molecule has 1 aromatic carbocycles. The average molecular weight is 271 g/mol. The fraction of sp³-hybridized carbons (Fsp3) is 0.438. The maximum atomic E-state index is 6.40. The van der Waals surface area contributed by atoms with E-state index in [1.807, 2.05) is 37.0 Å². The van der Waals surface area contributed by atoms with Crippen molar-refractivity contribution < 1.29 is 4.74 Å². The van der Waals surface area contributed by atoms with Crippen LogP contribution in [0.3, 0.4) is 0 Å². The minimum absolute atomic E-state index is 0.0276. The van der Waals surface area contributed by atoms with Crippen LogP contribution in [0.4, 0.5) is 0 Å². The predicted molar refractivity (Wildman–Crippen MR) is 78.8 cm³/mol. The molecular formula is C16H21N3O. The Morgan fingerprint density at radius 2 is 2.25 bits per heavy atom. The quantitative estimate of drug-likeness (QED) is 0.933. The molecule has 1 aliphatic heterocycles. The van der Waals surface area contributed by atoms with Gasteiger partial charge in [-0.1, -0.05) is 18.2 Å². The lowest BCUT2D eigenvalue weighted by Crippen LogP contribution is -2.20. The minimum Gasteiger partial charge on any atom is -0.493 e. The van der Waals surface area contributed by atoms with Crippen LogP contribution in [0.25, 0.3) is 0 Å². The molecule has 0 radical (unpaired) electrons. The Hall–Kier alpha value is -1.81. The van der Waals surface area contributed by atoms with Crippen LogP contribution in [0.5, 0.6) is 5.75 Å². The third-order valence-electron chi connectivity index (χ3n) is 4.07. The van der Waals surface area contributed by atoms with Crippen LogP contribution in [0.15, 0.2) is 30.5 Å². The van der Waals surface area contributed by atoms with Crippen molar-refractivity contribution in [2.24, 2.45) is 12.8 Å². The van der Waals surface area contributed by atoms with Crippen LogP contribution in [0, 0.1) is 6.92 Å². The number of nitrogens with two attached hydrogens (primary N) is 1. The summed E-state index contributed by atoms with van der Waals surface area (Å²) in [5.74, 6) is 1.48. The van der Waals surface area contributed by atoms with Crippen molar-refractivity contribution in [2.75, 3.05) is 6.61 Å². The van der Waals surface area contributed by atoms with Gasteiger partial charge in [-0.3, -0.25) is 4.68 Å². The van der Waals surface area contributed by atoms with E-state index in [0.29, 0.717) is 5.92 Å². The normalized spacial score (nSPS) is 19.2. The first-order chi connectivity index (χ1) is 9.65. The van der Waals surface area contributed by atoms with E-state index in [4.69, 9.17) is 10.5 Å². The van der Waals surface area contributed by atoms with Gasteiger partial charge in [0.05, 0.1) is 12.3 Å². The highest BCUT2D eigenvalue weighted by molar-refractivity contribution is 5.38. The highest BCUT2D eigenvalue weighted by Crippen LogP contribution is 2.38. The Labute approximate surface area is 119 Å². The first-order valence-corrected chi connectivity index (χ1v) is 7.12. The van der Waals surface area contributed by atoms with E-state index in [1.54, 1.807) is 0 Å². The molecule has 2 N–H and O–H groups in total. The molecule has 2 atom stereocenters. The van der Waals surface area contributed by atoms with E-state index >= 15 is 0 Å². The Morgan fingerprint density at radius 1 is 1.45 bits per heavy atom. The number of rotatable bonds is 3. The molecular weight excluding hydrogens is 250 g/mol. The van der Waals surface area contributed by atoms with Gasteiger partial charge in [-0.2, -0.15) is 5.10 Å². The molecule has 0 saturated heterocycles. The molecule has 0 amide bonds. The van der Waals surface area contributed by atoms with E-state index < -0.39 is 0 Å². The molecule has 0 spiro atoms. The number of benzene rings is 1. The van der Waals surface area contributed by atoms with Gasteiger partial charge in [0, 0.05) is 24.8 Å². The summed E-state index contributed by atoms with van der Waals surface area (Å²) in [6.45, 7) is 2.80. The van der Waals surface area contributed by atoms with Gasteiger partial charge in [0.25, 0.3) is 0 Å². The van der Waals surface area contributed by atoms with Crippen molar-refractivity contribution in [3.63, 3.8) is 0 Å². The number of nitrogens with zero attached hydrogens (tertiary/aromatic N) is 2. The predicted octanol–water partition coefficient (Wildman–Crippen LogP) is 2.68. The Morgan fingerprint density at radius 3 is 3.00 bits per heavy atom. The molecule has 4 nitrogen and oxygen atoms in total. The largest absolute Gasteiger partial charge is 0.493 e. The van der Waals surface area contributed by atoms with Gasteiger partial charge in [-0.05, 0) is 37.3 Å². The van der Waals surface area contributed by atoms with Gasteiger partial charge in [-0.25, -0.2) is 0 Å². The number of para-hydroxylation sites is 1. The number of fused-ring (bicyclic) bond motifs is 1. The number of aromatic nitrogens is 2. The van der Waals surface area contributed by atoms with Crippen LogP contribution in [0.1, 0.15) is 41.6 Å². The molecule has 1 aliphatic rings. The van der Waals surface area contributed by atoms with Gasteiger partial charge in [0.15, 0.2) is 0 Å². The number of hydrogen-bond donors (Lipinski definition) is 1. The van der Waals surface area contributed by atoms with Gasteiger partial charge in [0.1, 0.15) is 5.75 Å². The molecule has 0 fully saturated rings. The first-order valence-electron chi connectivity index (χ1n) is 7.12. The van der Waals surface area contributed by atoms with Crippen molar-refractivity contribution in [1.82, 2.24) is 9.78 Å². The second-order valence-electron chi connectivity index (χ2n) is 5.56. The number of aryl methyl sites for hydroxylation is 2. The van der Waals surface area contributed by atoms with Crippen LogP contribution in [0.2, 0.25) is 0 Å². The fourth-order valence-corrected chi connectivity index (χ4v) is 3.08. The maximum Gasteiger partial charge on any atom is 0.122 e. The molecule has 2 aromatic rings. The molecule has 1 aromatic heterocycles. The molecule has 3 rings (SSSR count). The molecule has 106 valence electrons. The smallest absolute Gasteiger partial charge is 0.122 e. The summed E-state index contributed by atoms with van der Waals surface area (Å²) in [7, 11) is 1.94. The zero-order chi connectivity index (χ0) is 14.1. The van der Waals surface area contributed by atoms with E-state index in [1.165, 1.54) is 5.56 Å². The second-order valence-corrected chi connectivity index (χ2v) is 5.56. The van der Waals surface area contributed by atoms with Crippen LogP contribution >= 0.6 is 0 Å². The standard InChI is InChI=1S/C16H21N3O/c1-11-14(10-19(2)18-11)15(17)9-12-7-8-20-16-6-4-3-5-13(12)16/h3-6,10,12,15H,7-9,17H2,1-2H3. The highest BCUT2D eigenvalue weighted by Gasteiger charge is 2.24. The summed E-state index contributed by atoms with van der Waals surface area (Å²) in [6, 6.07) is 8.32. The van der Waals surface area contributed by atoms with Gasteiger partial charge in [-0.15, -0.1) is 0 Å². The molecule has 2 unspecified atom stereocenters. The van der Waals surface area contributed by atoms with Crippen molar-refractivity contribution in [3.05, 3.63) is 47.3 Å². The van der Waals surface area contributed by atoms with Crippen LogP contribution in [-0.2, 0) is 7.05 Å². The van der Waals surface area contributed by atoms with Gasteiger partial charge >= 0.3 is 0 Å². The third kappa shape index (κ3) is 2.43. The number of ether oxygens (including phenoxy) is 1. The maximum absolute atomic E-state index is 6.40. The summed E-state index contributed by atoms with van der Waals surface area (Å²) in [5.41, 5.74) is 9.87. The molecule has 20 heavy (non-hydrogen) atoms. The Bertz CT molecular complexity index is 606. The van der Waals surface area contributed by atoms with E-state index in [2.05, 4.69) is 17.2 Å². The molecule has 2 heterocycles. The van der Waals surface area contributed by atoms with E-state index in [9.17, 15) is 0 Å². The molecule has 0 saturated carbocycles. The molecule has 4 heteroatoms. The van der Waals surface area contributed by atoms with Crippen LogP contribution in [-0.4, -0.2) is 16.4 Å². The van der Waals surface area contributed by atoms with Gasteiger partial charge < -0.3 is 10.5 Å². The lowest BCUT2D eigenvalue weighted by atomic mass is 9.86. The summed E-state index contributed by atoms with van der Waals surface area (Å²) in [4.78, 5) is 0. The molecule has 0 bridgehead atoms. The Kier molecular flexibility index (Phi) is 3.49. The minimum atomic E-state index is 0.0276. The van der Waals surface area contributed by atoms with Crippen molar-refractivity contribution in [3.8, 4) is 5.75 Å². The third-order valence-corrected chi connectivity index (χ3v) is 4.07. The van der Waals surface area contributed by atoms with Crippen molar-refractivity contribution in [2.45, 2.75) is 31.7 Å². The topological polar surface area (TPSA) is 53.1 Å². The lowest BCUT2D eigenvalue weighted by Gasteiger charge is -2.27. The summed E-state index contributed by atoms with van der Waals surface area (Å²) < 4.78 is 7.55. The number of hydrogen-bond acceptors (Lipinski definition) is 3.